The number of carbonyl (C=O) groups is 1. The molecule has 1 heterocycles. The zero-order chi connectivity index (χ0) is 16.8. The second-order valence-electron chi connectivity index (χ2n) is 5.37. The Hall–Kier alpha value is -2.56. The molecule has 23 heavy (non-hydrogen) atoms. The third-order valence-electron chi connectivity index (χ3n) is 3.07. The third-order valence-corrected chi connectivity index (χ3v) is 3.07. The summed E-state index contributed by atoms with van der Waals surface area (Å²) in [5, 5.41) is 9.71. The number of ether oxygens (including phenoxy) is 2. The van der Waals surface area contributed by atoms with Crippen LogP contribution in [0.2, 0.25) is 0 Å². The molecule has 1 N–H and O–H groups in total. The summed E-state index contributed by atoms with van der Waals surface area (Å²) in [5.41, 5.74) is 1.79. The van der Waals surface area contributed by atoms with Gasteiger partial charge in [0.15, 0.2) is 0 Å². The van der Waals surface area contributed by atoms with Crippen LogP contribution >= 0.6 is 0 Å². The van der Waals surface area contributed by atoms with Gasteiger partial charge in [0.05, 0.1) is 12.7 Å². The van der Waals surface area contributed by atoms with Gasteiger partial charge in [-0.25, -0.2) is 9.78 Å². The van der Waals surface area contributed by atoms with Gasteiger partial charge in [0.1, 0.15) is 17.2 Å². The zero-order valence-corrected chi connectivity index (χ0v) is 13.6. The number of aromatic hydroxyl groups is 1. The topological polar surface area (TPSA) is 68.7 Å². The van der Waals surface area contributed by atoms with Crippen molar-refractivity contribution in [2.45, 2.75) is 33.3 Å². The largest absolute Gasteiger partial charge is 0.508 e. The highest BCUT2D eigenvalue weighted by atomic mass is 16.5. The fourth-order valence-electron chi connectivity index (χ4n) is 2.16. The zero-order valence-electron chi connectivity index (χ0n) is 13.6. The van der Waals surface area contributed by atoms with Gasteiger partial charge < -0.3 is 14.6 Å². The molecule has 0 unspecified atom stereocenters. The van der Waals surface area contributed by atoms with Crippen molar-refractivity contribution in [3.63, 3.8) is 0 Å². The van der Waals surface area contributed by atoms with Crippen LogP contribution in [-0.4, -0.2) is 28.8 Å². The molecule has 5 nitrogen and oxygen atoms in total. The molecule has 2 aromatic rings. The lowest BCUT2D eigenvalue weighted by atomic mass is 10.1. The predicted molar refractivity (Wildman–Crippen MR) is 86.9 cm³/mol. The van der Waals surface area contributed by atoms with Crippen LogP contribution in [0, 0.1) is 0 Å². The number of phenolic OH excluding ortho intramolecular Hbond substituents is 1. The first-order valence-electron chi connectivity index (χ1n) is 7.61. The summed E-state index contributed by atoms with van der Waals surface area (Å²) in [4.78, 5) is 16.1. The maximum Gasteiger partial charge on any atom is 0.356 e. The fraction of sp³-hybridized carbons (Fsp3) is 0.333. The van der Waals surface area contributed by atoms with Gasteiger partial charge in [0, 0.05) is 17.7 Å². The number of pyridine rings is 1. The van der Waals surface area contributed by atoms with Gasteiger partial charge in [-0.1, -0.05) is 6.07 Å². The first-order valence-corrected chi connectivity index (χ1v) is 7.61. The first-order chi connectivity index (χ1) is 11.0. The van der Waals surface area contributed by atoms with Crippen LogP contribution in [0.1, 0.15) is 42.5 Å². The maximum atomic E-state index is 11.8. The molecule has 0 saturated carbocycles. The molecule has 0 amide bonds. The van der Waals surface area contributed by atoms with E-state index in [0.29, 0.717) is 24.5 Å². The molecule has 0 spiro atoms. The summed E-state index contributed by atoms with van der Waals surface area (Å²) in [6, 6.07) is 10.2. The lowest BCUT2D eigenvalue weighted by molar-refractivity contribution is 0.0519. The van der Waals surface area contributed by atoms with Gasteiger partial charge >= 0.3 is 5.97 Å². The van der Waals surface area contributed by atoms with Crippen LogP contribution in [0.4, 0.5) is 0 Å². The standard InChI is InChI=1S/C18H21NO4/c1-4-22-18(21)16-7-5-6-14(19-16)10-13-11-15(20)8-9-17(13)23-12(2)3/h5-9,11-12,20H,4,10H2,1-3H3. The molecule has 0 atom stereocenters. The van der Waals surface area contributed by atoms with Crippen LogP contribution in [0.25, 0.3) is 0 Å². The number of hydrogen-bond acceptors (Lipinski definition) is 5. The van der Waals surface area contributed by atoms with Gasteiger partial charge in [-0.2, -0.15) is 0 Å². The second-order valence-corrected chi connectivity index (χ2v) is 5.37. The molecule has 0 aliphatic heterocycles. The number of rotatable bonds is 6. The maximum absolute atomic E-state index is 11.8. The van der Waals surface area contributed by atoms with Crippen molar-refractivity contribution in [1.82, 2.24) is 4.98 Å². The van der Waals surface area contributed by atoms with E-state index in [9.17, 15) is 9.90 Å². The number of nitrogens with zero attached hydrogens (tertiary/aromatic N) is 1. The summed E-state index contributed by atoms with van der Waals surface area (Å²) in [6.45, 7) is 5.94. The van der Waals surface area contributed by atoms with Crippen LogP contribution in [0.5, 0.6) is 11.5 Å². The van der Waals surface area contributed by atoms with Crippen molar-refractivity contribution < 1.29 is 19.4 Å². The van der Waals surface area contributed by atoms with Crippen LogP contribution in [0.3, 0.4) is 0 Å². The molecule has 0 bridgehead atoms. The third kappa shape index (κ3) is 4.71. The molecular formula is C18H21NO4. The summed E-state index contributed by atoms with van der Waals surface area (Å²) < 4.78 is 10.7. The van der Waals surface area contributed by atoms with Gasteiger partial charge in [-0.3, -0.25) is 0 Å². The Labute approximate surface area is 135 Å². The monoisotopic (exact) mass is 315 g/mol. The molecule has 0 aliphatic rings. The van der Waals surface area contributed by atoms with Crippen molar-refractivity contribution in [3.05, 3.63) is 53.3 Å². The van der Waals surface area contributed by atoms with Crippen molar-refractivity contribution in [2.24, 2.45) is 0 Å². The summed E-state index contributed by atoms with van der Waals surface area (Å²) in [6.07, 6.45) is 0.473. The number of aromatic nitrogens is 1. The minimum atomic E-state index is -0.441. The highest BCUT2D eigenvalue weighted by molar-refractivity contribution is 5.87. The summed E-state index contributed by atoms with van der Waals surface area (Å²) >= 11 is 0. The average molecular weight is 315 g/mol. The van der Waals surface area contributed by atoms with E-state index >= 15 is 0 Å². The van der Waals surface area contributed by atoms with Gasteiger partial charge in [0.2, 0.25) is 0 Å². The van der Waals surface area contributed by atoms with Crippen molar-refractivity contribution in [2.75, 3.05) is 6.61 Å². The van der Waals surface area contributed by atoms with Crippen LogP contribution < -0.4 is 4.74 Å². The quantitative estimate of drug-likeness (QED) is 0.828. The number of hydrogen-bond donors (Lipinski definition) is 1. The highest BCUT2D eigenvalue weighted by Gasteiger charge is 2.12. The Morgan fingerprint density at radius 3 is 2.74 bits per heavy atom. The lowest BCUT2D eigenvalue weighted by Gasteiger charge is -2.14. The Bertz CT molecular complexity index is 682. The number of phenols is 1. The highest BCUT2D eigenvalue weighted by Crippen LogP contribution is 2.26. The minimum absolute atomic E-state index is 0.0251. The Kier molecular flexibility index (Phi) is 5.57. The molecular weight excluding hydrogens is 294 g/mol. The average Bonchev–Trinajstić information content (AvgIpc) is 2.50. The number of benzene rings is 1. The van der Waals surface area contributed by atoms with Gasteiger partial charge in [-0.05, 0) is 51.1 Å². The molecule has 1 aromatic heterocycles. The van der Waals surface area contributed by atoms with Crippen molar-refractivity contribution >= 4 is 5.97 Å². The van der Waals surface area contributed by atoms with E-state index in [2.05, 4.69) is 4.98 Å². The molecule has 0 radical (unpaired) electrons. The Balaban J connectivity index is 2.26. The Morgan fingerprint density at radius 2 is 2.04 bits per heavy atom. The summed E-state index contributed by atoms with van der Waals surface area (Å²) in [5.74, 6) is 0.419. The smallest absolute Gasteiger partial charge is 0.356 e. The van der Waals surface area contributed by atoms with E-state index < -0.39 is 5.97 Å². The van der Waals surface area contributed by atoms with Gasteiger partial charge in [0.25, 0.3) is 0 Å². The second kappa shape index (κ2) is 7.63. The molecule has 0 fully saturated rings. The Morgan fingerprint density at radius 1 is 1.26 bits per heavy atom. The van der Waals surface area contributed by atoms with E-state index in [-0.39, 0.29) is 17.5 Å². The van der Waals surface area contributed by atoms with Crippen LogP contribution in [-0.2, 0) is 11.2 Å². The predicted octanol–water partition coefficient (Wildman–Crippen LogP) is 3.34. The van der Waals surface area contributed by atoms with Crippen molar-refractivity contribution in [3.8, 4) is 11.5 Å². The van der Waals surface area contributed by atoms with E-state index in [1.165, 1.54) is 0 Å². The SMILES string of the molecule is CCOC(=O)c1cccc(Cc2cc(O)ccc2OC(C)C)n1. The molecule has 122 valence electrons. The van der Waals surface area contributed by atoms with Gasteiger partial charge in [-0.15, -0.1) is 0 Å². The normalized spacial score (nSPS) is 10.6. The van der Waals surface area contributed by atoms with Crippen LogP contribution in [0.15, 0.2) is 36.4 Å². The fourth-order valence-corrected chi connectivity index (χ4v) is 2.16. The van der Waals surface area contributed by atoms with E-state index in [1.807, 2.05) is 19.9 Å². The summed E-state index contributed by atoms with van der Waals surface area (Å²) in [7, 11) is 0. The lowest BCUT2D eigenvalue weighted by Crippen LogP contribution is -2.10. The molecule has 1 aromatic carbocycles. The van der Waals surface area contributed by atoms with Crippen molar-refractivity contribution in [1.29, 1.82) is 0 Å². The van der Waals surface area contributed by atoms with E-state index in [0.717, 1.165) is 5.56 Å². The minimum Gasteiger partial charge on any atom is -0.508 e. The molecule has 5 heteroatoms. The number of carbonyl (C=O) groups excluding carboxylic acids is 1. The van der Waals surface area contributed by atoms with E-state index in [4.69, 9.17) is 9.47 Å². The number of esters is 1. The van der Waals surface area contributed by atoms with E-state index in [1.54, 1.807) is 37.3 Å². The first kappa shape index (κ1) is 16.8. The molecule has 0 aliphatic carbocycles. The molecule has 2 rings (SSSR count). The molecule has 0 saturated heterocycles.